The standard InChI is InChI=1S/C9H12N2O2/c10-3-7-4-11(5-7)9(12)8-1-2-13-6-8/h1-2,6-7H,3-5,10H2. The number of nitrogens with zero attached hydrogens (tertiary/aromatic N) is 1. The normalized spacial score (nSPS) is 17.2. The number of amides is 1. The lowest BCUT2D eigenvalue weighted by molar-refractivity contribution is 0.0515. The third-order valence-corrected chi connectivity index (χ3v) is 2.35. The molecule has 0 saturated carbocycles. The Labute approximate surface area is 76.3 Å². The second kappa shape index (κ2) is 3.22. The topological polar surface area (TPSA) is 59.5 Å². The summed E-state index contributed by atoms with van der Waals surface area (Å²) < 4.78 is 4.84. The van der Waals surface area contributed by atoms with Crippen LogP contribution in [0.1, 0.15) is 10.4 Å². The minimum absolute atomic E-state index is 0.0402. The van der Waals surface area contributed by atoms with E-state index < -0.39 is 0 Å². The van der Waals surface area contributed by atoms with Gasteiger partial charge in [-0.1, -0.05) is 0 Å². The molecule has 0 unspecified atom stereocenters. The van der Waals surface area contributed by atoms with Gasteiger partial charge in [0.15, 0.2) is 0 Å². The Hall–Kier alpha value is -1.29. The van der Waals surface area contributed by atoms with Gasteiger partial charge in [0.2, 0.25) is 0 Å². The molecular formula is C9H12N2O2. The maximum absolute atomic E-state index is 11.6. The lowest BCUT2D eigenvalue weighted by Crippen LogP contribution is -2.52. The number of carbonyl (C=O) groups is 1. The van der Waals surface area contributed by atoms with Crippen molar-refractivity contribution in [2.75, 3.05) is 19.6 Å². The molecule has 4 heteroatoms. The van der Waals surface area contributed by atoms with Crippen LogP contribution in [0.5, 0.6) is 0 Å². The lowest BCUT2D eigenvalue weighted by Gasteiger charge is -2.38. The summed E-state index contributed by atoms with van der Waals surface area (Å²) in [5.41, 5.74) is 6.08. The molecule has 1 aliphatic heterocycles. The molecule has 70 valence electrons. The second-order valence-corrected chi connectivity index (χ2v) is 3.32. The highest BCUT2D eigenvalue weighted by molar-refractivity contribution is 5.94. The monoisotopic (exact) mass is 180 g/mol. The summed E-state index contributed by atoms with van der Waals surface area (Å²) in [6, 6.07) is 1.68. The fraction of sp³-hybridized carbons (Fsp3) is 0.444. The third kappa shape index (κ3) is 1.45. The maximum Gasteiger partial charge on any atom is 0.257 e. The summed E-state index contributed by atoms with van der Waals surface area (Å²) in [5, 5.41) is 0. The summed E-state index contributed by atoms with van der Waals surface area (Å²) in [6.07, 6.45) is 2.98. The molecule has 0 aromatic carbocycles. The summed E-state index contributed by atoms with van der Waals surface area (Å²) >= 11 is 0. The first-order chi connectivity index (χ1) is 6.31. The Kier molecular flexibility index (Phi) is 2.06. The van der Waals surface area contributed by atoms with Crippen LogP contribution < -0.4 is 5.73 Å². The molecule has 0 atom stereocenters. The smallest absolute Gasteiger partial charge is 0.257 e. The number of nitrogens with two attached hydrogens (primary N) is 1. The lowest BCUT2D eigenvalue weighted by atomic mass is 10.00. The minimum atomic E-state index is 0.0402. The van der Waals surface area contributed by atoms with Crippen molar-refractivity contribution in [3.8, 4) is 0 Å². The van der Waals surface area contributed by atoms with E-state index in [1.54, 1.807) is 11.0 Å². The molecule has 1 aliphatic rings. The van der Waals surface area contributed by atoms with Crippen LogP contribution in [0.3, 0.4) is 0 Å². The highest BCUT2D eigenvalue weighted by Gasteiger charge is 2.30. The first kappa shape index (κ1) is 8.31. The molecule has 0 aliphatic carbocycles. The predicted molar refractivity (Wildman–Crippen MR) is 47.2 cm³/mol. The molecule has 2 heterocycles. The molecule has 1 fully saturated rings. The van der Waals surface area contributed by atoms with E-state index in [2.05, 4.69) is 0 Å². The highest BCUT2D eigenvalue weighted by Crippen LogP contribution is 2.17. The molecule has 2 rings (SSSR count). The molecule has 4 nitrogen and oxygen atoms in total. The average Bonchev–Trinajstić information content (AvgIpc) is 2.53. The van der Waals surface area contributed by atoms with Gasteiger partial charge in [-0.05, 0) is 12.6 Å². The van der Waals surface area contributed by atoms with E-state index in [0.717, 1.165) is 13.1 Å². The van der Waals surface area contributed by atoms with Gasteiger partial charge in [0, 0.05) is 19.0 Å². The van der Waals surface area contributed by atoms with Crippen molar-refractivity contribution in [3.63, 3.8) is 0 Å². The van der Waals surface area contributed by atoms with E-state index in [1.807, 2.05) is 0 Å². The van der Waals surface area contributed by atoms with Crippen molar-refractivity contribution in [2.45, 2.75) is 0 Å². The molecule has 0 bridgehead atoms. The molecule has 1 saturated heterocycles. The molecular weight excluding hydrogens is 168 g/mol. The SMILES string of the molecule is NCC1CN(C(=O)c2ccoc2)C1. The van der Waals surface area contributed by atoms with E-state index in [-0.39, 0.29) is 5.91 Å². The number of likely N-dealkylation sites (tertiary alicyclic amines) is 1. The first-order valence-corrected chi connectivity index (χ1v) is 4.33. The van der Waals surface area contributed by atoms with Crippen LogP contribution in [0.15, 0.2) is 23.0 Å². The highest BCUT2D eigenvalue weighted by atomic mass is 16.3. The predicted octanol–water partition coefficient (Wildman–Crippen LogP) is 0.310. The summed E-state index contributed by atoms with van der Waals surface area (Å²) in [7, 11) is 0. The van der Waals surface area contributed by atoms with Crippen molar-refractivity contribution in [1.29, 1.82) is 0 Å². The molecule has 13 heavy (non-hydrogen) atoms. The molecule has 1 aromatic rings. The van der Waals surface area contributed by atoms with Gasteiger partial charge in [0.05, 0.1) is 11.8 Å². The Balaban J connectivity index is 1.94. The Morgan fingerprint density at radius 2 is 2.46 bits per heavy atom. The number of hydrogen-bond donors (Lipinski definition) is 1. The van der Waals surface area contributed by atoms with Crippen LogP contribution in [-0.4, -0.2) is 30.4 Å². The summed E-state index contributed by atoms with van der Waals surface area (Å²) in [5.74, 6) is 0.523. The van der Waals surface area contributed by atoms with Crippen molar-refractivity contribution < 1.29 is 9.21 Å². The average molecular weight is 180 g/mol. The Morgan fingerprint density at radius 1 is 1.69 bits per heavy atom. The largest absolute Gasteiger partial charge is 0.472 e. The number of hydrogen-bond acceptors (Lipinski definition) is 3. The van der Waals surface area contributed by atoms with Gasteiger partial charge in [0.25, 0.3) is 5.91 Å². The Morgan fingerprint density at radius 3 is 3.00 bits per heavy atom. The van der Waals surface area contributed by atoms with Crippen LogP contribution in [0.2, 0.25) is 0 Å². The van der Waals surface area contributed by atoms with Gasteiger partial charge in [-0.3, -0.25) is 4.79 Å². The summed E-state index contributed by atoms with van der Waals surface area (Å²) in [6.45, 7) is 2.22. The maximum atomic E-state index is 11.6. The quantitative estimate of drug-likeness (QED) is 0.712. The fourth-order valence-electron chi connectivity index (χ4n) is 1.45. The molecule has 1 aromatic heterocycles. The van der Waals surface area contributed by atoms with E-state index in [4.69, 9.17) is 10.2 Å². The zero-order valence-electron chi connectivity index (χ0n) is 7.27. The molecule has 0 spiro atoms. The van der Waals surface area contributed by atoms with Gasteiger partial charge >= 0.3 is 0 Å². The van der Waals surface area contributed by atoms with Gasteiger partial charge < -0.3 is 15.1 Å². The van der Waals surface area contributed by atoms with Gasteiger partial charge in [-0.2, -0.15) is 0 Å². The van der Waals surface area contributed by atoms with Gasteiger partial charge in [-0.15, -0.1) is 0 Å². The zero-order chi connectivity index (χ0) is 9.26. The van der Waals surface area contributed by atoms with Crippen molar-refractivity contribution >= 4 is 5.91 Å². The van der Waals surface area contributed by atoms with Crippen molar-refractivity contribution in [3.05, 3.63) is 24.2 Å². The van der Waals surface area contributed by atoms with Crippen molar-refractivity contribution in [1.82, 2.24) is 4.90 Å². The van der Waals surface area contributed by atoms with E-state index in [0.29, 0.717) is 18.0 Å². The minimum Gasteiger partial charge on any atom is -0.472 e. The zero-order valence-corrected chi connectivity index (χ0v) is 7.27. The van der Waals surface area contributed by atoms with E-state index in [1.165, 1.54) is 12.5 Å². The number of carbonyl (C=O) groups excluding carboxylic acids is 1. The Bertz CT molecular complexity index is 289. The third-order valence-electron chi connectivity index (χ3n) is 2.35. The van der Waals surface area contributed by atoms with Crippen LogP contribution in [0.25, 0.3) is 0 Å². The van der Waals surface area contributed by atoms with Crippen molar-refractivity contribution in [2.24, 2.45) is 11.7 Å². The first-order valence-electron chi connectivity index (χ1n) is 4.33. The van der Waals surface area contributed by atoms with Crippen LogP contribution >= 0.6 is 0 Å². The van der Waals surface area contributed by atoms with Crippen LogP contribution in [0.4, 0.5) is 0 Å². The van der Waals surface area contributed by atoms with E-state index in [9.17, 15) is 4.79 Å². The van der Waals surface area contributed by atoms with Gasteiger partial charge in [-0.25, -0.2) is 0 Å². The van der Waals surface area contributed by atoms with E-state index >= 15 is 0 Å². The second-order valence-electron chi connectivity index (χ2n) is 3.32. The fourth-order valence-corrected chi connectivity index (χ4v) is 1.45. The van der Waals surface area contributed by atoms with Gasteiger partial charge in [0.1, 0.15) is 6.26 Å². The molecule has 2 N–H and O–H groups in total. The molecule has 1 amide bonds. The summed E-state index contributed by atoms with van der Waals surface area (Å²) in [4.78, 5) is 13.4. The van der Waals surface area contributed by atoms with Crippen LogP contribution in [0, 0.1) is 5.92 Å². The molecule has 0 radical (unpaired) electrons. The van der Waals surface area contributed by atoms with Crippen LogP contribution in [-0.2, 0) is 0 Å². The number of rotatable bonds is 2. The number of furan rings is 1.